The Balaban J connectivity index is 2.04. The molecule has 1 heterocycles. The maximum atomic E-state index is 11.9. The van der Waals surface area contributed by atoms with Crippen LogP contribution in [0.15, 0.2) is 30.3 Å². The fourth-order valence-corrected chi connectivity index (χ4v) is 2.84. The molecule has 0 saturated carbocycles. The second-order valence-electron chi connectivity index (χ2n) is 4.40. The van der Waals surface area contributed by atoms with Crippen molar-refractivity contribution in [3.05, 3.63) is 35.9 Å². The molecule has 0 unspecified atom stereocenters. The number of hydrogen-bond acceptors (Lipinski definition) is 6. The van der Waals surface area contributed by atoms with Gasteiger partial charge in [0.15, 0.2) is 0 Å². The molecule has 1 aromatic rings. The van der Waals surface area contributed by atoms with Gasteiger partial charge in [0.1, 0.15) is 12.7 Å². The first kappa shape index (κ1) is 14.0. The molecule has 1 saturated heterocycles. The van der Waals surface area contributed by atoms with Crippen LogP contribution in [0, 0.1) is 0 Å². The summed E-state index contributed by atoms with van der Waals surface area (Å²) in [6, 6.07) is 9.05. The molecule has 7 heteroatoms. The minimum atomic E-state index is -4.13. The summed E-state index contributed by atoms with van der Waals surface area (Å²) in [5.41, 5.74) is -0.845. The number of carbonyl (C=O) groups excluding carboxylic acids is 1. The third-order valence-corrected chi connectivity index (χ3v) is 4.01. The molecule has 1 aliphatic rings. The molecule has 2 rings (SSSR count). The molecule has 104 valence electrons. The minimum absolute atomic E-state index is 0.0470. The predicted octanol–water partition coefficient (Wildman–Crippen LogP) is 1.17. The first-order valence-corrected chi connectivity index (χ1v) is 7.02. The number of hydrogen-bond donors (Lipinski definition) is 0. The van der Waals surface area contributed by atoms with Crippen molar-refractivity contribution in [3.8, 4) is 0 Å². The van der Waals surface area contributed by atoms with Gasteiger partial charge in [0.25, 0.3) is 0 Å². The van der Waals surface area contributed by atoms with Crippen LogP contribution in [0.1, 0.15) is 19.4 Å². The summed E-state index contributed by atoms with van der Waals surface area (Å²) in [5, 5.41) is 0. The Morgan fingerprint density at radius 3 is 2.53 bits per heavy atom. The average Bonchev–Trinajstić information content (AvgIpc) is 2.57. The number of ether oxygens (including phenoxy) is 1. The van der Waals surface area contributed by atoms with Crippen LogP contribution < -0.4 is 0 Å². The van der Waals surface area contributed by atoms with Crippen LogP contribution in [0.25, 0.3) is 0 Å². The Morgan fingerprint density at radius 2 is 2.00 bits per heavy atom. The molecule has 0 N–H and O–H groups in total. The van der Waals surface area contributed by atoms with Gasteiger partial charge in [-0.1, -0.05) is 30.3 Å². The van der Waals surface area contributed by atoms with Crippen molar-refractivity contribution in [1.82, 2.24) is 0 Å². The highest BCUT2D eigenvalue weighted by Crippen LogP contribution is 2.32. The molecular weight excluding hydrogens is 272 g/mol. The van der Waals surface area contributed by atoms with Gasteiger partial charge < -0.3 is 4.74 Å². The lowest BCUT2D eigenvalue weighted by molar-refractivity contribution is -0.163. The van der Waals surface area contributed by atoms with Crippen LogP contribution >= 0.6 is 0 Å². The van der Waals surface area contributed by atoms with Crippen LogP contribution in [0.2, 0.25) is 0 Å². The average molecular weight is 286 g/mol. The maximum absolute atomic E-state index is 11.9. The smallest absolute Gasteiger partial charge is 0.401 e. The summed E-state index contributed by atoms with van der Waals surface area (Å²) in [6.07, 6.45) is -0.930. The van der Waals surface area contributed by atoms with Gasteiger partial charge in [-0.25, -0.2) is 13.2 Å². The topological polar surface area (TPSA) is 78.9 Å². The lowest BCUT2D eigenvalue weighted by atomic mass is 10.0. The van der Waals surface area contributed by atoms with Gasteiger partial charge in [-0.2, -0.15) is 8.42 Å². The van der Waals surface area contributed by atoms with E-state index in [9.17, 15) is 13.2 Å². The van der Waals surface area contributed by atoms with Gasteiger partial charge in [-0.05, 0) is 19.4 Å². The molecule has 1 aliphatic heterocycles. The largest absolute Gasteiger partial charge is 0.459 e. The molecule has 0 amide bonds. The van der Waals surface area contributed by atoms with E-state index in [0.29, 0.717) is 0 Å². The van der Waals surface area contributed by atoms with Crippen molar-refractivity contribution < 1.29 is 26.3 Å². The van der Waals surface area contributed by atoms with Gasteiger partial charge in [-0.3, -0.25) is 0 Å². The van der Waals surface area contributed by atoms with Gasteiger partial charge in [0.05, 0.1) is 0 Å². The predicted molar refractivity (Wildman–Crippen MR) is 65.2 cm³/mol. The zero-order valence-electron chi connectivity index (χ0n) is 10.5. The molecule has 2 atom stereocenters. The van der Waals surface area contributed by atoms with Crippen molar-refractivity contribution in [1.29, 1.82) is 0 Å². The minimum Gasteiger partial charge on any atom is -0.459 e. The summed E-state index contributed by atoms with van der Waals surface area (Å²) in [5.74, 6) is -0.773. The monoisotopic (exact) mass is 286 g/mol. The Kier molecular flexibility index (Phi) is 3.62. The molecule has 0 radical (unpaired) electrons. The van der Waals surface area contributed by atoms with Gasteiger partial charge in [0.2, 0.25) is 5.60 Å². The SMILES string of the molecule is C[C@H]1OS(=O)(=O)O[C@]1(C)C(=O)OCc1ccccc1. The van der Waals surface area contributed by atoms with Crippen molar-refractivity contribution >= 4 is 16.4 Å². The summed E-state index contributed by atoms with van der Waals surface area (Å²) >= 11 is 0. The molecule has 6 nitrogen and oxygen atoms in total. The van der Waals surface area contributed by atoms with E-state index in [1.165, 1.54) is 13.8 Å². The van der Waals surface area contributed by atoms with E-state index in [0.717, 1.165) is 5.56 Å². The number of rotatable bonds is 3. The maximum Gasteiger partial charge on any atom is 0.401 e. The molecule has 0 aromatic heterocycles. The van der Waals surface area contributed by atoms with Crippen molar-refractivity contribution in [2.75, 3.05) is 0 Å². The molecule has 0 spiro atoms. The van der Waals surface area contributed by atoms with Crippen molar-refractivity contribution in [3.63, 3.8) is 0 Å². The van der Waals surface area contributed by atoms with E-state index in [2.05, 4.69) is 8.37 Å². The normalized spacial score (nSPS) is 29.1. The fraction of sp³-hybridized carbons (Fsp3) is 0.417. The first-order chi connectivity index (χ1) is 8.83. The number of esters is 1. The highest BCUT2D eigenvalue weighted by molar-refractivity contribution is 7.82. The van der Waals surface area contributed by atoms with E-state index in [4.69, 9.17) is 4.74 Å². The van der Waals surface area contributed by atoms with Crippen LogP contribution in [0.3, 0.4) is 0 Å². The fourth-order valence-electron chi connectivity index (χ4n) is 1.63. The Morgan fingerprint density at radius 1 is 1.37 bits per heavy atom. The van der Waals surface area contributed by atoms with Crippen molar-refractivity contribution in [2.45, 2.75) is 32.2 Å². The van der Waals surface area contributed by atoms with Gasteiger partial charge in [-0.15, -0.1) is 0 Å². The molecule has 0 bridgehead atoms. The second-order valence-corrected chi connectivity index (χ2v) is 5.57. The number of benzene rings is 1. The number of carbonyl (C=O) groups is 1. The van der Waals surface area contributed by atoms with E-state index >= 15 is 0 Å². The van der Waals surface area contributed by atoms with E-state index < -0.39 is 28.1 Å². The molecular formula is C12H14O6S. The molecule has 1 fully saturated rings. The standard InChI is InChI=1S/C12H14O6S/c1-9-12(2,18-19(14,15)17-9)11(13)16-8-10-6-4-3-5-7-10/h3-7,9H,8H2,1-2H3/t9-,12+/m1/s1. The van der Waals surface area contributed by atoms with Crippen LogP contribution in [0.5, 0.6) is 0 Å². The van der Waals surface area contributed by atoms with Gasteiger partial charge >= 0.3 is 16.4 Å². The summed E-state index contributed by atoms with van der Waals surface area (Å²) in [4.78, 5) is 11.9. The Labute approximate surface area is 111 Å². The molecule has 1 aromatic carbocycles. The zero-order chi connectivity index (χ0) is 14.1. The third kappa shape index (κ3) is 2.94. The Bertz CT molecular complexity index is 567. The molecule has 19 heavy (non-hydrogen) atoms. The van der Waals surface area contributed by atoms with Crippen LogP contribution in [0.4, 0.5) is 0 Å². The summed E-state index contributed by atoms with van der Waals surface area (Å²) < 4.78 is 36.7. The van der Waals surface area contributed by atoms with E-state index in [-0.39, 0.29) is 6.61 Å². The van der Waals surface area contributed by atoms with Crippen LogP contribution in [-0.4, -0.2) is 26.1 Å². The first-order valence-electron chi connectivity index (χ1n) is 5.68. The quantitative estimate of drug-likeness (QED) is 0.776. The Hall–Kier alpha value is -1.44. The highest BCUT2D eigenvalue weighted by Gasteiger charge is 2.54. The van der Waals surface area contributed by atoms with E-state index in [1.807, 2.05) is 18.2 Å². The highest BCUT2D eigenvalue weighted by atomic mass is 32.3. The van der Waals surface area contributed by atoms with Crippen molar-refractivity contribution in [2.24, 2.45) is 0 Å². The van der Waals surface area contributed by atoms with Gasteiger partial charge in [0, 0.05) is 0 Å². The lowest BCUT2D eigenvalue weighted by Crippen LogP contribution is -2.44. The summed E-state index contributed by atoms with van der Waals surface area (Å²) in [7, 11) is -4.13. The second kappa shape index (κ2) is 4.92. The summed E-state index contributed by atoms with van der Waals surface area (Å²) in [6.45, 7) is 2.81. The van der Waals surface area contributed by atoms with E-state index in [1.54, 1.807) is 12.1 Å². The zero-order valence-corrected chi connectivity index (χ0v) is 11.3. The lowest BCUT2D eigenvalue weighted by Gasteiger charge is -2.21. The van der Waals surface area contributed by atoms with Crippen LogP contribution in [-0.2, 0) is 34.9 Å². The molecule has 0 aliphatic carbocycles. The third-order valence-electron chi connectivity index (χ3n) is 2.93.